The second-order valence-electron chi connectivity index (χ2n) is 10.2. The number of nitrogens with one attached hydrogen (secondary N) is 1. The van der Waals surface area contributed by atoms with E-state index in [1.54, 1.807) is 6.20 Å². The molecular weight excluding hydrogens is 414 g/mol. The topological polar surface area (TPSA) is 87.1 Å². The van der Waals surface area contributed by atoms with Gasteiger partial charge in [-0.15, -0.1) is 0 Å². The smallest absolute Gasteiger partial charge is 0.271 e. The van der Waals surface area contributed by atoms with Crippen molar-refractivity contribution < 1.29 is 4.79 Å². The van der Waals surface area contributed by atoms with Crippen LogP contribution in [-0.4, -0.2) is 70.0 Å². The second-order valence-corrected chi connectivity index (χ2v) is 10.2. The average Bonchev–Trinajstić information content (AvgIpc) is 2.78. The van der Waals surface area contributed by atoms with Gasteiger partial charge in [0, 0.05) is 68.2 Å². The lowest BCUT2D eigenvalue weighted by Gasteiger charge is -2.36. The highest BCUT2D eigenvalue weighted by molar-refractivity contribution is 5.91. The molecule has 1 aliphatic heterocycles. The van der Waals surface area contributed by atoms with Crippen molar-refractivity contribution in [3.8, 4) is 0 Å². The normalized spacial score (nSPS) is 17.6. The van der Waals surface area contributed by atoms with Gasteiger partial charge in [0.05, 0.1) is 6.20 Å². The maximum atomic E-state index is 12.0. The molecule has 0 aromatic carbocycles. The number of hydrogen-bond acceptors (Lipinski definition) is 7. The minimum Gasteiger partial charge on any atom is -0.354 e. The van der Waals surface area contributed by atoms with Crippen LogP contribution in [0.5, 0.6) is 0 Å². The van der Waals surface area contributed by atoms with Crippen molar-refractivity contribution in [2.75, 3.05) is 44.2 Å². The van der Waals surface area contributed by atoms with Crippen molar-refractivity contribution in [3.63, 3.8) is 0 Å². The summed E-state index contributed by atoms with van der Waals surface area (Å²) >= 11 is 0. The van der Waals surface area contributed by atoms with Crippen LogP contribution in [0.1, 0.15) is 80.8 Å². The molecule has 8 nitrogen and oxygen atoms in total. The van der Waals surface area contributed by atoms with Gasteiger partial charge >= 0.3 is 0 Å². The number of carbonyl (C=O) groups excluding carboxylic acids is 1. The van der Waals surface area contributed by atoms with Crippen LogP contribution in [-0.2, 0) is 5.41 Å². The molecule has 0 spiro atoms. The first kappa shape index (κ1) is 23.5. The third-order valence-electron chi connectivity index (χ3n) is 6.61. The highest BCUT2D eigenvalue weighted by Crippen LogP contribution is 2.37. The maximum Gasteiger partial charge on any atom is 0.271 e. The molecule has 2 fully saturated rings. The van der Waals surface area contributed by atoms with E-state index in [-0.39, 0.29) is 11.3 Å². The quantitative estimate of drug-likeness (QED) is 0.617. The lowest BCUT2D eigenvalue weighted by Crippen LogP contribution is -2.47. The van der Waals surface area contributed by atoms with Gasteiger partial charge in [-0.05, 0) is 32.2 Å². The highest BCUT2D eigenvalue weighted by Gasteiger charge is 2.27. The summed E-state index contributed by atoms with van der Waals surface area (Å²) in [5, 5.41) is 2.92. The molecule has 1 amide bonds. The molecule has 0 radical (unpaired) electrons. The molecule has 1 aliphatic carbocycles. The SMILES string of the molecule is CC(C)(C)c1nc(C2CCC2)cc(N2CCN(CCCCNC(=O)c3cnccn3)CC2)n1. The summed E-state index contributed by atoms with van der Waals surface area (Å²) in [4.78, 5) is 34.8. The Kier molecular flexibility index (Phi) is 7.53. The van der Waals surface area contributed by atoms with E-state index in [1.165, 1.54) is 37.4 Å². The lowest BCUT2D eigenvalue weighted by molar-refractivity contribution is 0.0947. The Bertz CT molecular complexity index is 916. The summed E-state index contributed by atoms with van der Waals surface area (Å²) in [6.07, 6.45) is 10.4. The van der Waals surface area contributed by atoms with E-state index >= 15 is 0 Å². The van der Waals surface area contributed by atoms with E-state index in [1.807, 2.05) is 0 Å². The maximum absolute atomic E-state index is 12.0. The van der Waals surface area contributed by atoms with E-state index in [0.29, 0.717) is 18.2 Å². The Morgan fingerprint density at radius 2 is 1.88 bits per heavy atom. The van der Waals surface area contributed by atoms with Crippen molar-refractivity contribution in [2.24, 2.45) is 0 Å². The van der Waals surface area contributed by atoms with Crippen LogP contribution in [0.25, 0.3) is 0 Å². The molecule has 33 heavy (non-hydrogen) atoms. The van der Waals surface area contributed by atoms with Crippen molar-refractivity contribution in [1.29, 1.82) is 0 Å². The summed E-state index contributed by atoms with van der Waals surface area (Å²) in [5.41, 5.74) is 1.56. The Morgan fingerprint density at radius 3 is 2.52 bits per heavy atom. The first-order chi connectivity index (χ1) is 15.9. The molecule has 0 atom stereocenters. The Morgan fingerprint density at radius 1 is 1.09 bits per heavy atom. The zero-order valence-electron chi connectivity index (χ0n) is 20.3. The van der Waals surface area contributed by atoms with Crippen LogP contribution in [0.4, 0.5) is 5.82 Å². The van der Waals surface area contributed by atoms with Crippen LogP contribution < -0.4 is 10.2 Å². The van der Waals surface area contributed by atoms with Crippen molar-refractivity contribution in [1.82, 2.24) is 30.2 Å². The lowest BCUT2D eigenvalue weighted by atomic mass is 9.82. The molecule has 0 bridgehead atoms. The van der Waals surface area contributed by atoms with Gasteiger partial charge in [0.1, 0.15) is 17.3 Å². The highest BCUT2D eigenvalue weighted by atomic mass is 16.1. The van der Waals surface area contributed by atoms with Crippen molar-refractivity contribution >= 4 is 11.7 Å². The number of carbonyl (C=O) groups is 1. The Balaban J connectivity index is 1.22. The minimum absolute atomic E-state index is 0.0428. The minimum atomic E-state index is -0.155. The van der Waals surface area contributed by atoms with Gasteiger partial charge < -0.3 is 10.2 Å². The predicted octanol–water partition coefficient (Wildman–Crippen LogP) is 3.16. The van der Waals surface area contributed by atoms with Gasteiger partial charge in [-0.3, -0.25) is 14.7 Å². The second kappa shape index (κ2) is 10.5. The van der Waals surface area contributed by atoms with Gasteiger partial charge in [0.25, 0.3) is 5.91 Å². The van der Waals surface area contributed by atoms with E-state index in [4.69, 9.17) is 9.97 Å². The molecule has 2 aliphatic rings. The Labute approximate surface area is 197 Å². The summed E-state index contributed by atoms with van der Waals surface area (Å²) in [6.45, 7) is 12.4. The molecule has 1 N–H and O–H groups in total. The molecule has 4 rings (SSSR count). The average molecular weight is 452 g/mol. The molecular formula is C25H37N7O. The summed E-state index contributed by atoms with van der Waals surface area (Å²) < 4.78 is 0. The largest absolute Gasteiger partial charge is 0.354 e. The number of piperazine rings is 1. The molecule has 2 aromatic rings. The monoisotopic (exact) mass is 451 g/mol. The number of anilines is 1. The van der Waals surface area contributed by atoms with Gasteiger partial charge in [0.2, 0.25) is 0 Å². The molecule has 0 unspecified atom stereocenters. The zero-order valence-corrected chi connectivity index (χ0v) is 20.3. The molecule has 1 saturated heterocycles. The van der Waals surface area contributed by atoms with Crippen LogP contribution in [0.2, 0.25) is 0 Å². The number of amides is 1. The first-order valence-electron chi connectivity index (χ1n) is 12.3. The van der Waals surface area contributed by atoms with E-state index in [2.05, 4.69) is 51.9 Å². The molecule has 8 heteroatoms. The zero-order chi connectivity index (χ0) is 23.3. The third kappa shape index (κ3) is 6.25. The number of rotatable bonds is 8. The van der Waals surface area contributed by atoms with Crippen molar-refractivity contribution in [3.05, 3.63) is 41.9 Å². The predicted molar refractivity (Wildman–Crippen MR) is 130 cm³/mol. The molecule has 2 aromatic heterocycles. The van der Waals surface area contributed by atoms with Crippen LogP contribution in [0, 0.1) is 0 Å². The van der Waals surface area contributed by atoms with E-state index in [9.17, 15) is 4.79 Å². The fourth-order valence-electron chi connectivity index (χ4n) is 4.23. The first-order valence-corrected chi connectivity index (χ1v) is 12.3. The number of unbranched alkanes of at least 4 members (excludes halogenated alkanes) is 1. The van der Waals surface area contributed by atoms with Gasteiger partial charge in [-0.2, -0.15) is 0 Å². The third-order valence-corrected chi connectivity index (χ3v) is 6.61. The Hall–Kier alpha value is -2.61. The fraction of sp³-hybridized carbons (Fsp3) is 0.640. The van der Waals surface area contributed by atoms with Gasteiger partial charge in [-0.1, -0.05) is 27.2 Å². The van der Waals surface area contributed by atoms with Crippen LogP contribution >= 0.6 is 0 Å². The summed E-state index contributed by atoms with van der Waals surface area (Å²) in [6, 6.07) is 2.24. The molecule has 178 valence electrons. The fourth-order valence-corrected chi connectivity index (χ4v) is 4.23. The number of aromatic nitrogens is 4. The van der Waals surface area contributed by atoms with Crippen LogP contribution in [0.3, 0.4) is 0 Å². The number of hydrogen-bond donors (Lipinski definition) is 1. The number of nitrogens with zero attached hydrogens (tertiary/aromatic N) is 6. The van der Waals surface area contributed by atoms with Crippen molar-refractivity contribution in [2.45, 2.75) is 64.2 Å². The standard InChI is InChI=1S/C25H37N7O/c1-25(2,3)24-29-20(19-7-6-8-19)17-22(30-24)32-15-13-31(14-16-32)12-5-4-9-28-23(33)21-18-26-10-11-27-21/h10-11,17-19H,4-9,12-16H2,1-3H3,(H,28,33). The van der Waals surface area contributed by atoms with Gasteiger partial charge in [-0.25, -0.2) is 15.0 Å². The van der Waals surface area contributed by atoms with Crippen LogP contribution in [0.15, 0.2) is 24.7 Å². The molecule has 3 heterocycles. The van der Waals surface area contributed by atoms with Gasteiger partial charge in [0.15, 0.2) is 0 Å². The summed E-state index contributed by atoms with van der Waals surface area (Å²) in [7, 11) is 0. The summed E-state index contributed by atoms with van der Waals surface area (Å²) in [5.74, 6) is 2.53. The van der Waals surface area contributed by atoms with E-state index in [0.717, 1.165) is 57.2 Å². The molecule has 1 saturated carbocycles. The van der Waals surface area contributed by atoms with E-state index < -0.39 is 0 Å².